The molecule has 2 unspecified atom stereocenters. The number of anilines is 2. The van der Waals surface area contributed by atoms with Gasteiger partial charge in [0.1, 0.15) is 0 Å². The summed E-state index contributed by atoms with van der Waals surface area (Å²) in [6.45, 7) is 3.93. The van der Waals surface area contributed by atoms with Crippen LogP contribution in [0.3, 0.4) is 0 Å². The van der Waals surface area contributed by atoms with Crippen molar-refractivity contribution < 1.29 is 31.2 Å². The van der Waals surface area contributed by atoms with Gasteiger partial charge in [-0.2, -0.15) is 13.2 Å². The lowest BCUT2D eigenvalue weighted by atomic mass is 9.88. The number of carbonyl (C=O) groups is 2. The van der Waals surface area contributed by atoms with Gasteiger partial charge in [-0.05, 0) is 60.7 Å². The molecule has 2 rings (SSSR count). The van der Waals surface area contributed by atoms with E-state index in [0.717, 1.165) is 18.4 Å². The Labute approximate surface area is 202 Å². The van der Waals surface area contributed by atoms with Gasteiger partial charge in [0.2, 0.25) is 5.91 Å². The van der Waals surface area contributed by atoms with E-state index in [1.54, 1.807) is 19.2 Å². The van der Waals surface area contributed by atoms with Gasteiger partial charge in [0.25, 0.3) is 10.0 Å². The number of amides is 2. The van der Waals surface area contributed by atoms with Crippen LogP contribution < -0.4 is 20.9 Å². The van der Waals surface area contributed by atoms with E-state index in [0.29, 0.717) is 6.42 Å². The first-order valence-electron chi connectivity index (χ1n) is 10.9. The molecule has 0 aliphatic heterocycles. The Bertz CT molecular complexity index is 1110. The molecule has 0 radical (unpaired) electrons. The van der Waals surface area contributed by atoms with Gasteiger partial charge in [-0.25, -0.2) is 8.42 Å². The molecule has 0 spiro atoms. The first-order valence-corrected chi connectivity index (χ1v) is 12.4. The van der Waals surface area contributed by atoms with Gasteiger partial charge in [-0.1, -0.05) is 32.4 Å². The number of hydrogen-bond donors (Lipinski definition) is 4. The highest BCUT2D eigenvalue weighted by Gasteiger charge is 2.38. The number of halogens is 3. The summed E-state index contributed by atoms with van der Waals surface area (Å²) >= 11 is 0. The van der Waals surface area contributed by atoms with Crippen molar-refractivity contribution in [1.82, 2.24) is 10.7 Å². The van der Waals surface area contributed by atoms with Crippen LogP contribution in [0.4, 0.5) is 24.5 Å². The lowest BCUT2D eigenvalue weighted by Crippen LogP contribution is -2.40. The summed E-state index contributed by atoms with van der Waals surface area (Å²) in [5.41, 5.74) is 4.88. The standard InChI is InChI=1S/C23H29F3N4O4S/c1-4-16(13-15(2)21(31)27-3)14-17-5-11-20(12-6-17)35(33,34)30-19-9-7-18(8-10-19)28-29-22(32)23(24,25)26/h5-12,15-16,28,30H,4,13-14H2,1-3H3,(H,27,31)(H,29,32). The second kappa shape index (κ2) is 11.9. The van der Waals surface area contributed by atoms with E-state index in [9.17, 15) is 31.2 Å². The fourth-order valence-corrected chi connectivity index (χ4v) is 4.48. The van der Waals surface area contributed by atoms with E-state index in [4.69, 9.17) is 0 Å². The van der Waals surface area contributed by atoms with Crippen LogP contribution in [0.1, 0.15) is 32.3 Å². The Kier molecular flexibility index (Phi) is 9.52. The van der Waals surface area contributed by atoms with Crippen molar-refractivity contribution in [3.8, 4) is 0 Å². The predicted molar refractivity (Wildman–Crippen MR) is 127 cm³/mol. The number of sulfonamides is 1. The molecule has 8 nitrogen and oxygen atoms in total. The minimum atomic E-state index is -5.03. The second-order valence-electron chi connectivity index (χ2n) is 8.13. The molecule has 2 aromatic rings. The van der Waals surface area contributed by atoms with Gasteiger partial charge in [0.05, 0.1) is 10.6 Å². The monoisotopic (exact) mass is 514 g/mol. The molecular formula is C23H29F3N4O4S. The summed E-state index contributed by atoms with van der Waals surface area (Å²) in [5.74, 6) is -2.00. The molecule has 2 aromatic carbocycles. The van der Waals surface area contributed by atoms with Crippen LogP contribution in [0.5, 0.6) is 0 Å². The molecular weight excluding hydrogens is 485 g/mol. The SMILES string of the molecule is CCC(Cc1ccc(S(=O)(=O)Nc2ccc(NNC(=O)C(F)(F)F)cc2)cc1)CC(C)C(=O)NC. The Morgan fingerprint density at radius 2 is 1.54 bits per heavy atom. The van der Waals surface area contributed by atoms with Crippen LogP contribution in [0.15, 0.2) is 53.4 Å². The topological polar surface area (TPSA) is 116 Å². The van der Waals surface area contributed by atoms with Gasteiger partial charge in [-0.15, -0.1) is 0 Å². The van der Waals surface area contributed by atoms with E-state index in [1.165, 1.54) is 41.8 Å². The summed E-state index contributed by atoms with van der Waals surface area (Å²) in [6.07, 6.45) is -2.71. The molecule has 0 bridgehead atoms. The summed E-state index contributed by atoms with van der Waals surface area (Å²) in [7, 11) is -2.29. The van der Waals surface area contributed by atoms with E-state index in [1.807, 2.05) is 6.92 Å². The van der Waals surface area contributed by atoms with Crippen molar-refractivity contribution in [2.45, 2.75) is 44.2 Å². The van der Waals surface area contributed by atoms with E-state index >= 15 is 0 Å². The zero-order valence-corrected chi connectivity index (χ0v) is 20.4. The molecule has 0 fully saturated rings. The Morgan fingerprint density at radius 3 is 2.06 bits per heavy atom. The van der Waals surface area contributed by atoms with Crippen LogP contribution in [-0.4, -0.2) is 33.5 Å². The zero-order valence-electron chi connectivity index (χ0n) is 19.6. The van der Waals surface area contributed by atoms with Gasteiger partial charge in [0, 0.05) is 18.7 Å². The number of hydrazine groups is 1. The number of benzene rings is 2. The first-order chi connectivity index (χ1) is 16.4. The Balaban J connectivity index is 1.99. The van der Waals surface area contributed by atoms with Crippen molar-refractivity contribution in [3.05, 3.63) is 54.1 Å². The van der Waals surface area contributed by atoms with Crippen molar-refractivity contribution in [2.75, 3.05) is 17.2 Å². The van der Waals surface area contributed by atoms with Crippen LogP contribution in [0.2, 0.25) is 0 Å². The fraction of sp³-hybridized carbons (Fsp3) is 0.391. The quantitative estimate of drug-likeness (QED) is 0.340. The molecule has 2 atom stereocenters. The highest BCUT2D eigenvalue weighted by atomic mass is 32.2. The summed E-state index contributed by atoms with van der Waals surface area (Å²) in [4.78, 5) is 22.7. The van der Waals surface area contributed by atoms with Crippen molar-refractivity contribution >= 4 is 33.2 Å². The first kappa shape index (κ1) is 28.0. The molecule has 0 aromatic heterocycles. The predicted octanol–water partition coefficient (Wildman–Crippen LogP) is 3.83. The lowest BCUT2D eigenvalue weighted by Gasteiger charge is -2.19. The summed E-state index contributed by atoms with van der Waals surface area (Å²) < 4.78 is 64.5. The normalized spacial score (nSPS) is 13.4. The number of nitrogens with one attached hydrogen (secondary N) is 4. The maximum atomic E-state index is 12.7. The van der Waals surface area contributed by atoms with E-state index < -0.39 is 22.1 Å². The van der Waals surface area contributed by atoms with Crippen LogP contribution in [0.25, 0.3) is 0 Å². The van der Waals surface area contributed by atoms with Crippen molar-refractivity contribution in [3.63, 3.8) is 0 Å². The Hall–Kier alpha value is -3.28. The largest absolute Gasteiger partial charge is 0.472 e. The average Bonchev–Trinajstić information content (AvgIpc) is 2.81. The molecule has 4 N–H and O–H groups in total. The summed E-state index contributed by atoms with van der Waals surface area (Å²) in [5, 5.41) is 2.65. The third kappa shape index (κ3) is 8.46. The fourth-order valence-electron chi connectivity index (χ4n) is 3.42. The highest BCUT2D eigenvalue weighted by Crippen LogP contribution is 2.23. The molecule has 0 saturated heterocycles. The molecule has 12 heteroatoms. The van der Waals surface area contributed by atoms with Crippen LogP contribution in [-0.2, 0) is 26.0 Å². The molecule has 192 valence electrons. The van der Waals surface area contributed by atoms with Crippen molar-refractivity contribution in [1.29, 1.82) is 0 Å². The minimum Gasteiger partial charge on any atom is -0.359 e. The number of carbonyl (C=O) groups excluding carboxylic acids is 2. The van der Waals surface area contributed by atoms with Gasteiger partial charge >= 0.3 is 12.1 Å². The second-order valence-corrected chi connectivity index (χ2v) is 9.82. The van der Waals surface area contributed by atoms with Gasteiger partial charge < -0.3 is 5.32 Å². The maximum absolute atomic E-state index is 12.7. The lowest BCUT2D eigenvalue weighted by molar-refractivity contribution is -0.173. The zero-order chi connectivity index (χ0) is 26.2. The van der Waals surface area contributed by atoms with E-state index in [2.05, 4.69) is 22.4 Å². The maximum Gasteiger partial charge on any atom is 0.472 e. The van der Waals surface area contributed by atoms with Crippen LogP contribution >= 0.6 is 0 Å². The smallest absolute Gasteiger partial charge is 0.359 e. The molecule has 0 heterocycles. The highest BCUT2D eigenvalue weighted by molar-refractivity contribution is 7.92. The molecule has 0 aliphatic carbocycles. The van der Waals surface area contributed by atoms with Gasteiger partial charge in [-0.3, -0.25) is 25.2 Å². The van der Waals surface area contributed by atoms with E-state index in [-0.39, 0.29) is 34.0 Å². The van der Waals surface area contributed by atoms with Crippen LogP contribution in [0, 0.1) is 11.8 Å². The number of alkyl halides is 3. The Morgan fingerprint density at radius 1 is 0.971 bits per heavy atom. The summed E-state index contributed by atoms with van der Waals surface area (Å²) in [6, 6.07) is 11.8. The third-order valence-corrected chi connectivity index (χ3v) is 6.83. The minimum absolute atomic E-state index is 0.00848. The van der Waals surface area contributed by atoms with Gasteiger partial charge in [0.15, 0.2) is 0 Å². The van der Waals surface area contributed by atoms with Crippen molar-refractivity contribution in [2.24, 2.45) is 11.8 Å². The molecule has 0 aliphatic rings. The third-order valence-electron chi connectivity index (χ3n) is 5.43. The number of hydrogen-bond acceptors (Lipinski definition) is 5. The molecule has 35 heavy (non-hydrogen) atoms. The number of rotatable bonds is 11. The molecule has 2 amide bonds. The average molecular weight is 515 g/mol. The molecule has 0 saturated carbocycles.